The number of benzene rings is 1. The fourth-order valence-corrected chi connectivity index (χ4v) is 3.99. The van der Waals surface area contributed by atoms with Gasteiger partial charge in [0.1, 0.15) is 10.8 Å². The molecule has 3 aromatic rings. The number of hydrogen-bond donors (Lipinski definition) is 1. The summed E-state index contributed by atoms with van der Waals surface area (Å²) in [6.45, 7) is 5.32. The number of nitrogens with one attached hydrogen (secondary N) is 1. The Labute approximate surface area is 134 Å². The second kappa shape index (κ2) is 5.82. The summed E-state index contributed by atoms with van der Waals surface area (Å²) in [4.78, 5) is 15.3. The first-order valence-corrected chi connectivity index (χ1v) is 8.73. The summed E-state index contributed by atoms with van der Waals surface area (Å²) in [5.74, 6) is 1.65. The fraction of sp³-hybridized carbons (Fsp3) is 0.412. The smallest absolute Gasteiger partial charge is 0.111 e. The molecule has 1 N–H and O–H groups in total. The highest BCUT2D eigenvalue weighted by atomic mass is 32.1. The summed E-state index contributed by atoms with van der Waals surface area (Å²) in [6.07, 6.45) is 4.34. The van der Waals surface area contributed by atoms with Crippen LogP contribution >= 0.6 is 11.3 Å². The first-order chi connectivity index (χ1) is 10.8. The largest absolute Gasteiger partial charge is 0.342 e. The van der Waals surface area contributed by atoms with E-state index < -0.39 is 0 Å². The van der Waals surface area contributed by atoms with Crippen molar-refractivity contribution in [1.29, 1.82) is 0 Å². The Balaban J connectivity index is 1.54. The van der Waals surface area contributed by atoms with Gasteiger partial charge >= 0.3 is 0 Å². The third-order valence-corrected chi connectivity index (χ3v) is 5.23. The predicted octanol–water partition coefficient (Wildman–Crippen LogP) is 3.71. The van der Waals surface area contributed by atoms with Gasteiger partial charge in [-0.05, 0) is 37.9 Å². The molecule has 1 fully saturated rings. The zero-order valence-electron chi connectivity index (χ0n) is 12.7. The van der Waals surface area contributed by atoms with Crippen LogP contribution in [0.25, 0.3) is 11.0 Å². The van der Waals surface area contributed by atoms with Gasteiger partial charge in [-0.1, -0.05) is 12.1 Å². The van der Waals surface area contributed by atoms with Gasteiger partial charge in [0, 0.05) is 24.0 Å². The van der Waals surface area contributed by atoms with E-state index in [1.54, 1.807) is 11.3 Å². The van der Waals surface area contributed by atoms with E-state index in [1.807, 2.05) is 6.20 Å². The quantitative estimate of drug-likeness (QED) is 0.802. The van der Waals surface area contributed by atoms with E-state index in [1.165, 1.54) is 23.4 Å². The average Bonchev–Trinajstić information content (AvgIpc) is 3.17. The lowest BCUT2D eigenvalue weighted by Crippen LogP contribution is -2.34. The van der Waals surface area contributed by atoms with Gasteiger partial charge in [-0.3, -0.25) is 4.90 Å². The number of rotatable bonds is 3. The maximum atomic E-state index is 4.87. The normalized spacial score (nSPS) is 19.8. The lowest BCUT2D eigenvalue weighted by molar-refractivity contribution is 0.197. The number of aryl methyl sites for hydroxylation is 1. The molecule has 1 aliphatic rings. The standard InChI is InChI=1S/C17H20N4S/c1-12-4-2-6-14-16(12)20-17(19-14)13-5-3-8-21(10-13)11-15-18-7-9-22-15/h2,4,6-7,9,13H,3,5,8,10-11H2,1H3,(H,19,20). The second-order valence-electron chi connectivity index (χ2n) is 6.09. The average molecular weight is 312 g/mol. The van der Waals surface area contributed by atoms with E-state index in [0.717, 1.165) is 36.5 Å². The van der Waals surface area contributed by atoms with Gasteiger partial charge in [0.15, 0.2) is 0 Å². The van der Waals surface area contributed by atoms with Crippen LogP contribution in [0.5, 0.6) is 0 Å². The molecule has 0 aliphatic carbocycles. The van der Waals surface area contributed by atoms with Crippen molar-refractivity contribution in [3.63, 3.8) is 0 Å². The Hall–Kier alpha value is -1.72. The third-order valence-electron chi connectivity index (χ3n) is 4.47. The predicted molar refractivity (Wildman–Crippen MR) is 90.2 cm³/mol. The number of nitrogens with zero attached hydrogens (tertiary/aromatic N) is 3. The number of aromatic nitrogens is 3. The van der Waals surface area contributed by atoms with Crippen molar-refractivity contribution >= 4 is 22.4 Å². The molecule has 1 atom stereocenters. The zero-order chi connectivity index (χ0) is 14.9. The Morgan fingerprint density at radius 3 is 3.18 bits per heavy atom. The van der Waals surface area contributed by atoms with Crippen molar-refractivity contribution in [3.05, 3.63) is 46.2 Å². The molecule has 1 aromatic carbocycles. The number of imidazole rings is 1. The van der Waals surface area contributed by atoms with Crippen LogP contribution in [0, 0.1) is 6.92 Å². The van der Waals surface area contributed by atoms with E-state index in [9.17, 15) is 0 Å². The Kier molecular flexibility index (Phi) is 3.68. The van der Waals surface area contributed by atoms with Crippen LogP contribution in [0.2, 0.25) is 0 Å². The molecule has 0 amide bonds. The topological polar surface area (TPSA) is 44.8 Å². The van der Waals surface area contributed by atoms with Crippen molar-refractivity contribution in [3.8, 4) is 0 Å². The molecule has 1 saturated heterocycles. The molecule has 5 heteroatoms. The molecule has 114 valence electrons. The van der Waals surface area contributed by atoms with Gasteiger partial charge in [0.05, 0.1) is 17.6 Å². The van der Waals surface area contributed by atoms with Gasteiger partial charge in [-0.25, -0.2) is 9.97 Å². The molecule has 3 heterocycles. The first kappa shape index (κ1) is 13.9. The summed E-state index contributed by atoms with van der Waals surface area (Å²) < 4.78 is 0. The number of H-pyrrole nitrogens is 1. The minimum absolute atomic E-state index is 0.500. The lowest BCUT2D eigenvalue weighted by Gasteiger charge is -2.31. The number of fused-ring (bicyclic) bond motifs is 1. The number of likely N-dealkylation sites (tertiary alicyclic amines) is 1. The van der Waals surface area contributed by atoms with Crippen molar-refractivity contribution in [2.75, 3.05) is 13.1 Å². The van der Waals surface area contributed by atoms with E-state index in [2.05, 4.69) is 45.4 Å². The van der Waals surface area contributed by atoms with Crippen molar-refractivity contribution in [1.82, 2.24) is 19.9 Å². The second-order valence-corrected chi connectivity index (χ2v) is 7.07. The maximum absolute atomic E-state index is 4.87. The maximum Gasteiger partial charge on any atom is 0.111 e. The van der Waals surface area contributed by atoms with Gasteiger partial charge in [-0.15, -0.1) is 11.3 Å². The number of hydrogen-bond acceptors (Lipinski definition) is 4. The Morgan fingerprint density at radius 1 is 1.41 bits per heavy atom. The van der Waals surface area contributed by atoms with E-state index in [4.69, 9.17) is 4.98 Å². The van der Waals surface area contributed by atoms with Gasteiger partial charge in [0.25, 0.3) is 0 Å². The van der Waals surface area contributed by atoms with E-state index >= 15 is 0 Å². The molecule has 0 spiro atoms. The first-order valence-electron chi connectivity index (χ1n) is 7.85. The molecule has 4 rings (SSSR count). The Bertz CT molecular complexity index is 762. The van der Waals surface area contributed by atoms with Crippen LogP contribution in [0.4, 0.5) is 0 Å². The lowest BCUT2D eigenvalue weighted by atomic mass is 9.97. The van der Waals surface area contributed by atoms with Crippen LogP contribution in [0.15, 0.2) is 29.8 Å². The van der Waals surface area contributed by atoms with Gasteiger partial charge in [0.2, 0.25) is 0 Å². The van der Waals surface area contributed by atoms with Gasteiger partial charge in [-0.2, -0.15) is 0 Å². The van der Waals surface area contributed by atoms with E-state index in [-0.39, 0.29) is 0 Å². The molecular weight excluding hydrogens is 292 g/mol. The van der Waals surface area contributed by atoms with Crippen molar-refractivity contribution in [2.45, 2.75) is 32.2 Å². The molecule has 2 aromatic heterocycles. The van der Waals surface area contributed by atoms with Crippen molar-refractivity contribution < 1.29 is 0 Å². The molecule has 1 aliphatic heterocycles. The molecule has 0 bridgehead atoms. The van der Waals surface area contributed by atoms with Crippen LogP contribution < -0.4 is 0 Å². The summed E-state index contributed by atoms with van der Waals surface area (Å²) in [6, 6.07) is 6.34. The van der Waals surface area contributed by atoms with Crippen LogP contribution in [-0.2, 0) is 6.54 Å². The minimum Gasteiger partial charge on any atom is -0.342 e. The minimum atomic E-state index is 0.500. The monoisotopic (exact) mass is 312 g/mol. The number of para-hydroxylation sites is 1. The number of aromatic amines is 1. The molecule has 4 nitrogen and oxygen atoms in total. The zero-order valence-corrected chi connectivity index (χ0v) is 13.6. The van der Waals surface area contributed by atoms with Crippen LogP contribution in [0.1, 0.15) is 35.2 Å². The summed E-state index contributed by atoms with van der Waals surface area (Å²) >= 11 is 1.74. The van der Waals surface area contributed by atoms with E-state index in [0.29, 0.717) is 5.92 Å². The number of thiazole rings is 1. The molecule has 0 saturated carbocycles. The van der Waals surface area contributed by atoms with Crippen LogP contribution in [0.3, 0.4) is 0 Å². The highest BCUT2D eigenvalue weighted by molar-refractivity contribution is 7.09. The Morgan fingerprint density at radius 2 is 2.36 bits per heavy atom. The molecule has 1 unspecified atom stereocenters. The van der Waals surface area contributed by atoms with Gasteiger partial charge < -0.3 is 4.98 Å². The molecular formula is C17H20N4S. The summed E-state index contributed by atoms with van der Waals surface area (Å²) in [5.41, 5.74) is 3.53. The number of piperidine rings is 1. The molecule has 0 radical (unpaired) electrons. The fourth-order valence-electron chi connectivity index (χ4n) is 3.33. The highest BCUT2D eigenvalue weighted by Gasteiger charge is 2.24. The van der Waals surface area contributed by atoms with Crippen LogP contribution in [-0.4, -0.2) is 32.9 Å². The summed E-state index contributed by atoms with van der Waals surface area (Å²) in [5, 5.41) is 3.26. The molecule has 22 heavy (non-hydrogen) atoms. The third kappa shape index (κ3) is 2.66. The highest BCUT2D eigenvalue weighted by Crippen LogP contribution is 2.28. The summed E-state index contributed by atoms with van der Waals surface area (Å²) in [7, 11) is 0. The SMILES string of the molecule is Cc1cccc2[nH]c(C3CCCN(Cc4nccs4)C3)nc12. The van der Waals surface area contributed by atoms with Crippen molar-refractivity contribution in [2.24, 2.45) is 0 Å².